The van der Waals surface area contributed by atoms with E-state index in [1.54, 1.807) is 0 Å². The van der Waals surface area contributed by atoms with Crippen molar-refractivity contribution in [3.05, 3.63) is 36.5 Å². The fourth-order valence-corrected chi connectivity index (χ4v) is 3.26. The maximum absolute atomic E-state index is 11.0. The molecule has 0 heterocycles. The van der Waals surface area contributed by atoms with Crippen LogP contribution in [0.25, 0.3) is 0 Å². The van der Waals surface area contributed by atoms with E-state index in [1.807, 2.05) is 0 Å². The normalized spacial score (nSPS) is 21.8. The van der Waals surface area contributed by atoms with Gasteiger partial charge in [0, 0.05) is 6.42 Å². The molecule has 0 radical (unpaired) electrons. The first-order valence-electron chi connectivity index (χ1n) is 9.27. The van der Waals surface area contributed by atoms with Gasteiger partial charge in [0.15, 0.2) is 0 Å². The monoisotopic (exact) mass is 318 g/mol. The minimum atomic E-state index is -0.103. The van der Waals surface area contributed by atoms with Gasteiger partial charge >= 0.3 is 5.97 Å². The van der Waals surface area contributed by atoms with E-state index in [1.165, 1.54) is 52.1 Å². The van der Waals surface area contributed by atoms with E-state index in [4.69, 9.17) is 0 Å². The van der Waals surface area contributed by atoms with Crippen molar-refractivity contribution in [1.29, 1.82) is 0 Å². The van der Waals surface area contributed by atoms with Crippen LogP contribution in [0.2, 0.25) is 0 Å². The van der Waals surface area contributed by atoms with Gasteiger partial charge in [0.1, 0.15) is 0 Å². The van der Waals surface area contributed by atoms with E-state index in [-0.39, 0.29) is 5.97 Å². The molecule has 23 heavy (non-hydrogen) atoms. The van der Waals surface area contributed by atoms with Crippen molar-refractivity contribution in [2.24, 2.45) is 11.8 Å². The van der Waals surface area contributed by atoms with Crippen molar-refractivity contribution in [3.63, 3.8) is 0 Å². The molecule has 0 unspecified atom stereocenters. The smallest absolute Gasteiger partial charge is 0.305 e. The molecule has 0 saturated heterocycles. The molecule has 1 fully saturated rings. The Hall–Kier alpha value is -1.31. The molecule has 0 bridgehead atoms. The first-order chi connectivity index (χ1) is 11.3. The summed E-state index contributed by atoms with van der Waals surface area (Å²) in [6, 6.07) is 0. The van der Waals surface area contributed by atoms with Crippen LogP contribution in [-0.4, -0.2) is 13.1 Å². The molecule has 0 aromatic heterocycles. The molecule has 2 atom stereocenters. The number of unbranched alkanes of at least 4 members (excludes halogenated alkanes) is 3. The van der Waals surface area contributed by atoms with E-state index >= 15 is 0 Å². The summed E-state index contributed by atoms with van der Waals surface area (Å²) >= 11 is 0. The summed E-state index contributed by atoms with van der Waals surface area (Å²) in [6.45, 7) is 2.09. The van der Waals surface area contributed by atoms with Crippen molar-refractivity contribution in [2.45, 2.75) is 71.1 Å². The van der Waals surface area contributed by atoms with Gasteiger partial charge in [-0.25, -0.2) is 0 Å². The van der Waals surface area contributed by atoms with Crippen molar-refractivity contribution in [2.75, 3.05) is 7.11 Å². The molecule has 2 nitrogen and oxygen atoms in total. The van der Waals surface area contributed by atoms with Crippen molar-refractivity contribution in [3.8, 4) is 0 Å². The Bertz CT molecular complexity index is 393. The van der Waals surface area contributed by atoms with E-state index in [9.17, 15) is 4.79 Å². The number of allylic oxidation sites excluding steroid dienone is 6. The number of carbonyl (C=O) groups is 1. The second-order valence-electron chi connectivity index (χ2n) is 6.46. The van der Waals surface area contributed by atoms with Gasteiger partial charge < -0.3 is 4.74 Å². The Kier molecular flexibility index (Phi) is 11.3. The molecule has 1 aliphatic rings. The van der Waals surface area contributed by atoms with Gasteiger partial charge in [-0.1, -0.05) is 42.9 Å². The number of rotatable bonds is 11. The zero-order valence-electron chi connectivity index (χ0n) is 15.0. The zero-order valence-corrected chi connectivity index (χ0v) is 15.0. The lowest BCUT2D eigenvalue weighted by Gasteiger charge is -2.13. The van der Waals surface area contributed by atoms with Crippen LogP contribution in [0.5, 0.6) is 0 Å². The summed E-state index contributed by atoms with van der Waals surface area (Å²) in [5, 5.41) is 0. The molecule has 0 aromatic carbocycles. The molecule has 1 saturated carbocycles. The highest BCUT2D eigenvalue weighted by Gasteiger charge is 2.23. The van der Waals surface area contributed by atoms with E-state index in [2.05, 4.69) is 48.1 Å². The average molecular weight is 319 g/mol. The third-order valence-electron chi connectivity index (χ3n) is 4.66. The summed E-state index contributed by atoms with van der Waals surface area (Å²) in [7, 11) is 1.45. The van der Waals surface area contributed by atoms with Gasteiger partial charge in [0.25, 0.3) is 0 Å². The fraction of sp³-hybridized carbons (Fsp3) is 0.667. The predicted molar refractivity (Wildman–Crippen MR) is 98.3 cm³/mol. The largest absolute Gasteiger partial charge is 0.469 e. The Labute approximate surface area is 142 Å². The first-order valence-corrected chi connectivity index (χ1v) is 9.27. The lowest BCUT2D eigenvalue weighted by Crippen LogP contribution is -2.03. The van der Waals surface area contributed by atoms with Crippen LogP contribution in [0.15, 0.2) is 36.5 Å². The third kappa shape index (κ3) is 9.43. The topological polar surface area (TPSA) is 26.3 Å². The molecule has 0 amide bonds. The van der Waals surface area contributed by atoms with Crippen molar-refractivity contribution in [1.82, 2.24) is 0 Å². The van der Waals surface area contributed by atoms with Gasteiger partial charge in [-0.05, 0) is 70.1 Å². The number of hydrogen-bond donors (Lipinski definition) is 0. The summed E-state index contributed by atoms with van der Waals surface area (Å²) in [5.41, 5.74) is 0. The molecule has 0 aromatic rings. The van der Waals surface area contributed by atoms with Crippen LogP contribution in [0.3, 0.4) is 0 Å². The van der Waals surface area contributed by atoms with Gasteiger partial charge in [-0.3, -0.25) is 4.79 Å². The van der Waals surface area contributed by atoms with Crippen LogP contribution >= 0.6 is 0 Å². The summed E-state index contributed by atoms with van der Waals surface area (Å²) in [4.78, 5) is 11.0. The van der Waals surface area contributed by atoms with E-state index in [0.29, 0.717) is 6.42 Å². The zero-order chi connectivity index (χ0) is 16.8. The lowest BCUT2D eigenvalue weighted by molar-refractivity contribution is -0.140. The van der Waals surface area contributed by atoms with Gasteiger partial charge in [-0.15, -0.1) is 0 Å². The molecule has 2 heteroatoms. The summed E-state index contributed by atoms with van der Waals surface area (Å²) < 4.78 is 4.65. The van der Waals surface area contributed by atoms with E-state index in [0.717, 1.165) is 24.7 Å². The number of hydrogen-bond acceptors (Lipinski definition) is 2. The Morgan fingerprint density at radius 3 is 2.61 bits per heavy atom. The van der Waals surface area contributed by atoms with Crippen molar-refractivity contribution < 1.29 is 9.53 Å². The highest BCUT2D eigenvalue weighted by atomic mass is 16.5. The van der Waals surface area contributed by atoms with Crippen LogP contribution in [0, 0.1) is 11.8 Å². The average Bonchev–Trinajstić information content (AvgIpc) is 3.01. The van der Waals surface area contributed by atoms with E-state index < -0.39 is 0 Å². The van der Waals surface area contributed by atoms with Crippen LogP contribution in [-0.2, 0) is 9.53 Å². The van der Waals surface area contributed by atoms with Gasteiger partial charge in [-0.2, -0.15) is 0 Å². The second-order valence-corrected chi connectivity index (χ2v) is 6.46. The first kappa shape index (κ1) is 19.7. The van der Waals surface area contributed by atoms with Crippen molar-refractivity contribution >= 4 is 5.97 Å². The lowest BCUT2D eigenvalue weighted by atomic mass is 9.92. The number of methoxy groups -OCH3 is 1. The second kappa shape index (κ2) is 13.2. The predicted octanol–water partition coefficient (Wildman–Crippen LogP) is 5.99. The Morgan fingerprint density at radius 1 is 1.04 bits per heavy atom. The molecule has 130 valence electrons. The van der Waals surface area contributed by atoms with Crippen LogP contribution < -0.4 is 0 Å². The highest BCUT2D eigenvalue weighted by Crippen LogP contribution is 2.35. The van der Waals surface area contributed by atoms with Crippen LogP contribution in [0.1, 0.15) is 71.1 Å². The third-order valence-corrected chi connectivity index (χ3v) is 4.66. The minimum absolute atomic E-state index is 0.103. The maximum atomic E-state index is 11.0. The van der Waals surface area contributed by atoms with Gasteiger partial charge in [0.2, 0.25) is 0 Å². The SMILES string of the molecule is CC=CCCCC=C[C@H]1CCC[C@@H]1CC=CCCCC(=O)OC. The summed E-state index contributed by atoms with van der Waals surface area (Å²) in [5.74, 6) is 1.49. The fourth-order valence-electron chi connectivity index (χ4n) is 3.26. The number of ether oxygens (including phenoxy) is 1. The molecule has 0 N–H and O–H groups in total. The molecular formula is C21H34O2. The standard InChI is InChI=1S/C21H34O2/c1-3-4-5-6-7-10-14-19-16-13-17-20(19)15-11-8-9-12-18-21(22)23-2/h3-4,8,10-11,14,19-20H,5-7,9,12-13,15-18H2,1-2H3/t19-,20-/m0/s1. The molecule has 0 spiro atoms. The number of carbonyl (C=O) groups excluding carboxylic acids is 1. The Balaban J connectivity index is 2.17. The molecule has 1 rings (SSSR count). The summed E-state index contributed by atoms with van der Waals surface area (Å²) in [6.07, 6.45) is 25.1. The maximum Gasteiger partial charge on any atom is 0.305 e. The quantitative estimate of drug-likeness (QED) is 0.265. The molecular weight excluding hydrogens is 284 g/mol. The highest BCUT2D eigenvalue weighted by molar-refractivity contribution is 5.69. The minimum Gasteiger partial charge on any atom is -0.469 e. The molecule has 0 aliphatic heterocycles. The van der Waals surface area contributed by atoms with Crippen LogP contribution in [0.4, 0.5) is 0 Å². The Morgan fingerprint density at radius 2 is 1.83 bits per heavy atom. The molecule has 1 aliphatic carbocycles. The van der Waals surface area contributed by atoms with Gasteiger partial charge in [0.05, 0.1) is 7.11 Å². The number of esters is 1.